The number of hydrogen-bond donors (Lipinski definition) is 1. The Balaban J connectivity index is 1.89. The molecular weight excluding hydrogens is 262 g/mol. The molecule has 0 bridgehead atoms. The average Bonchev–Trinajstić information content (AvgIpc) is 2.91. The van der Waals surface area contributed by atoms with Crippen molar-refractivity contribution in [1.82, 2.24) is 5.32 Å². The molecule has 0 fully saturated rings. The molecule has 2 atom stereocenters. The molecule has 0 amide bonds. The molecule has 1 nitrogen and oxygen atoms in total. The van der Waals surface area contributed by atoms with Crippen LogP contribution in [0.4, 0.5) is 0 Å². The van der Waals surface area contributed by atoms with Crippen LogP contribution in [-0.4, -0.2) is 6.54 Å². The Morgan fingerprint density at radius 1 is 1.25 bits per heavy atom. The summed E-state index contributed by atoms with van der Waals surface area (Å²) in [6, 6.07) is 11.8. The van der Waals surface area contributed by atoms with Crippen LogP contribution in [0.25, 0.3) is 0 Å². The minimum Gasteiger partial charge on any atom is -0.310 e. The molecule has 0 aliphatic heterocycles. The van der Waals surface area contributed by atoms with Crippen LogP contribution in [0.15, 0.2) is 41.1 Å². The van der Waals surface area contributed by atoms with Gasteiger partial charge in [-0.15, -0.1) is 0 Å². The van der Waals surface area contributed by atoms with E-state index in [1.54, 1.807) is 5.56 Å². The van der Waals surface area contributed by atoms with Crippen LogP contribution in [0.2, 0.25) is 0 Å². The lowest BCUT2D eigenvalue weighted by molar-refractivity contribution is 0.346. The molecule has 2 unspecified atom stereocenters. The van der Waals surface area contributed by atoms with E-state index in [-0.39, 0.29) is 0 Å². The fourth-order valence-corrected chi connectivity index (χ4v) is 4.15. The number of aryl methyl sites for hydroxylation is 1. The van der Waals surface area contributed by atoms with Crippen molar-refractivity contribution in [2.45, 2.75) is 38.6 Å². The molecule has 1 N–H and O–H groups in total. The Morgan fingerprint density at radius 2 is 2.15 bits per heavy atom. The number of nitrogens with one attached hydrogen (secondary N) is 1. The largest absolute Gasteiger partial charge is 0.310 e. The zero-order valence-corrected chi connectivity index (χ0v) is 13.0. The first kappa shape index (κ1) is 13.8. The summed E-state index contributed by atoms with van der Waals surface area (Å²) in [5, 5.41) is 8.25. The normalized spacial score (nSPS) is 22.2. The van der Waals surface area contributed by atoms with Crippen molar-refractivity contribution >= 4 is 11.3 Å². The van der Waals surface area contributed by atoms with E-state index in [9.17, 15) is 0 Å². The molecule has 0 spiro atoms. The van der Waals surface area contributed by atoms with E-state index in [2.05, 4.69) is 53.3 Å². The van der Waals surface area contributed by atoms with Crippen LogP contribution in [0, 0.1) is 5.92 Å². The molecule has 106 valence electrons. The van der Waals surface area contributed by atoms with E-state index in [0.717, 1.165) is 6.54 Å². The zero-order valence-electron chi connectivity index (χ0n) is 12.1. The monoisotopic (exact) mass is 285 g/mol. The summed E-state index contributed by atoms with van der Waals surface area (Å²) in [6.45, 7) is 3.26. The van der Waals surface area contributed by atoms with Crippen molar-refractivity contribution in [3.63, 3.8) is 0 Å². The highest BCUT2D eigenvalue weighted by Crippen LogP contribution is 2.35. The molecule has 0 radical (unpaired) electrons. The lowest BCUT2D eigenvalue weighted by atomic mass is 9.86. The third-order valence-electron chi connectivity index (χ3n) is 4.38. The molecule has 1 heterocycles. The standard InChI is InChI=1S/C18H23NS/c1-2-19-18-16(12-14-10-11-20-13-14)8-5-7-15-6-3-4-9-17(15)18/h3-4,6,9-11,13,16,18-19H,2,5,7-8,12H2,1H3. The van der Waals surface area contributed by atoms with Crippen LogP contribution in [0.1, 0.15) is 42.5 Å². The number of fused-ring (bicyclic) bond motifs is 1. The van der Waals surface area contributed by atoms with Crippen LogP contribution in [-0.2, 0) is 12.8 Å². The second-order valence-corrected chi connectivity index (χ2v) is 6.50. The van der Waals surface area contributed by atoms with Crippen LogP contribution in [0.5, 0.6) is 0 Å². The number of thiophene rings is 1. The van der Waals surface area contributed by atoms with Crippen LogP contribution in [0.3, 0.4) is 0 Å². The second-order valence-electron chi connectivity index (χ2n) is 5.72. The molecule has 1 aromatic carbocycles. The van der Waals surface area contributed by atoms with Crippen LogP contribution < -0.4 is 5.32 Å². The molecule has 3 rings (SSSR count). The summed E-state index contributed by atoms with van der Waals surface area (Å²) in [5.74, 6) is 0.716. The highest BCUT2D eigenvalue weighted by molar-refractivity contribution is 7.07. The number of hydrogen-bond acceptors (Lipinski definition) is 2. The molecule has 2 heteroatoms. The summed E-state index contributed by atoms with van der Waals surface area (Å²) >= 11 is 1.81. The smallest absolute Gasteiger partial charge is 0.0354 e. The van der Waals surface area contributed by atoms with Gasteiger partial charge in [0.2, 0.25) is 0 Å². The van der Waals surface area contributed by atoms with Gasteiger partial charge < -0.3 is 5.32 Å². The molecule has 0 saturated carbocycles. The van der Waals surface area contributed by atoms with E-state index in [4.69, 9.17) is 0 Å². The molecule has 1 aliphatic carbocycles. The average molecular weight is 285 g/mol. The predicted molar refractivity (Wildman–Crippen MR) is 87.3 cm³/mol. The molecule has 1 aromatic heterocycles. The fraction of sp³-hybridized carbons (Fsp3) is 0.444. The first-order valence-electron chi connectivity index (χ1n) is 7.70. The quantitative estimate of drug-likeness (QED) is 0.810. The van der Waals surface area contributed by atoms with E-state index < -0.39 is 0 Å². The van der Waals surface area contributed by atoms with Crippen LogP contribution >= 0.6 is 11.3 Å². The van der Waals surface area contributed by atoms with Crippen molar-refractivity contribution in [3.05, 3.63) is 57.8 Å². The highest BCUT2D eigenvalue weighted by Gasteiger charge is 2.27. The lowest BCUT2D eigenvalue weighted by Gasteiger charge is -2.27. The molecule has 1 aliphatic rings. The third kappa shape index (κ3) is 2.97. The number of rotatable bonds is 4. The maximum absolute atomic E-state index is 3.75. The van der Waals surface area contributed by atoms with Gasteiger partial charge in [-0.05, 0) is 71.7 Å². The van der Waals surface area contributed by atoms with Gasteiger partial charge in [0.05, 0.1) is 0 Å². The van der Waals surface area contributed by atoms with Gasteiger partial charge in [0.25, 0.3) is 0 Å². The van der Waals surface area contributed by atoms with Crippen molar-refractivity contribution < 1.29 is 0 Å². The van der Waals surface area contributed by atoms with Gasteiger partial charge in [0.1, 0.15) is 0 Å². The van der Waals surface area contributed by atoms with Gasteiger partial charge >= 0.3 is 0 Å². The third-order valence-corrected chi connectivity index (χ3v) is 5.12. The first-order chi connectivity index (χ1) is 9.88. The Morgan fingerprint density at radius 3 is 2.95 bits per heavy atom. The Hall–Kier alpha value is -1.12. The minimum absolute atomic E-state index is 0.513. The summed E-state index contributed by atoms with van der Waals surface area (Å²) in [7, 11) is 0. The Bertz CT molecular complexity index is 532. The van der Waals surface area contributed by atoms with Crippen molar-refractivity contribution in [3.8, 4) is 0 Å². The summed E-state index contributed by atoms with van der Waals surface area (Å²) < 4.78 is 0. The van der Waals surface area contributed by atoms with Gasteiger partial charge in [0, 0.05) is 6.04 Å². The van der Waals surface area contributed by atoms with Gasteiger partial charge in [-0.3, -0.25) is 0 Å². The Labute approximate surface area is 126 Å². The van der Waals surface area contributed by atoms with Crippen molar-refractivity contribution in [2.24, 2.45) is 5.92 Å². The summed E-state index contributed by atoms with van der Waals surface area (Å²) in [5.41, 5.74) is 4.58. The maximum Gasteiger partial charge on any atom is 0.0354 e. The van der Waals surface area contributed by atoms with Gasteiger partial charge in [-0.2, -0.15) is 11.3 Å². The SMILES string of the molecule is CCNC1c2ccccc2CCCC1Cc1ccsc1. The summed E-state index contributed by atoms with van der Waals surface area (Å²) in [4.78, 5) is 0. The van der Waals surface area contributed by atoms with E-state index in [1.165, 1.54) is 36.8 Å². The lowest BCUT2D eigenvalue weighted by Crippen LogP contribution is -2.29. The fourth-order valence-electron chi connectivity index (χ4n) is 3.47. The molecule has 20 heavy (non-hydrogen) atoms. The molecular formula is C18H23NS. The maximum atomic E-state index is 3.75. The zero-order chi connectivity index (χ0) is 13.8. The first-order valence-corrected chi connectivity index (χ1v) is 8.65. The Kier molecular flexibility index (Phi) is 4.54. The van der Waals surface area contributed by atoms with E-state index in [0.29, 0.717) is 12.0 Å². The van der Waals surface area contributed by atoms with Gasteiger partial charge in [-0.25, -0.2) is 0 Å². The predicted octanol–water partition coefficient (Wildman–Crippen LogP) is 4.59. The highest BCUT2D eigenvalue weighted by atomic mass is 32.1. The summed E-state index contributed by atoms with van der Waals surface area (Å²) in [6.07, 6.45) is 5.07. The van der Waals surface area contributed by atoms with Crippen molar-refractivity contribution in [2.75, 3.05) is 6.54 Å². The number of benzene rings is 1. The minimum atomic E-state index is 0.513. The van der Waals surface area contributed by atoms with E-state index >= 15 is 0 Å². The molecule has 2 aromatic rings. The van der Waals surface area contributed by atoms with Gasteiger partial charge in [-0.1, -0.05) is 31.2 Å². The van der Waals surface area contributed by atoms with Crippen molar-refractivity contribution in [1.29, 1.82) is 0 Å². The topological polar surface area (TPSA) is 12.0 Å². The van der Waals surface area contributed by atoms with E-state index in [1.807, 2.05) is 11.3 Å². The second kappa shape index (κ2) is 6.55. The molecule has 0 saturated heterocycles. The van der Waals surface area contributed by atoms with Gasteiger partial charge in [0.15, 0.2) is 0 Å².